The second-order valence-corrected chi connectivity index (χ2v) is 5.00. The van der Waals surface area contributed by atoms with E-state index in [1.807, 2.05) is 20.8 Å². The number of nitrogens with one attached hydrogen (secondary N) is 1. The first-order chi connectivity index (χ1) is 7.78. The highest BCUT2D eigenvalue weighted by molar-refractivity contribution is 5.81. The number of rotatable bonds is 3. The Hall–Kier alpha value is -1.71. The summed E-state index contributed by atoms with van der Waals surface area (Å²) in [6.45, 7) is 7.40. The minimum absolute atomic E-state index is 0.117. The molecule has 0 aliphatic rings. The Morgan fingerprint density at radius 1 is 1.41 bits per heavy atom. The molecule has 0 saturated carbocycles. The molecule has 4 nitrogen and oxygen atoms in total. The fourth-order valence-corrected chi connectivity index (χ4v) is 1.29. The molecule has 0 fully saturated rings. The summed E-state index contributed by atoms with van der Waals surface area (Å²) in [4.78, 5) is 11.7. The lowest BCUT2D eigenvalue weighted by Crippen LogP contribution is -2.46. The second kappa shape index (κ2) is 5.08. The van der Waals surface area contributed by atoms with Gasteiger partial charge in [0.15, 0.2) is 6.10 Å². The van der Waals surface area contributed by atoms with E-state index in [4.69, 9.17) is 4.74 Å². The fraction of sp³-hybridized carbons (Fsp3) is 0.462. The average molecular weight is 237 g/mol. The van der Waals surface area contributed by atoms with Crippen LogP contribution in [0.2, 0.25) is 0 Å². The number of benzene rings is 1. The van der Waals surface area contributed by atoms with Gasteiger partial charge in [0.05, 0.1) is 0 Å². The number of carbonyl (C=O) groups is 1. The summed E-state index contributed by atoms with van der Waals surface area (Å²) < 4.78 is 5.43. The monoisotopic (exact) mass is 237 g/mol. The first-order valence-corrected chi connectivity index (χ1v) is 5.55. The van der Waals surface area contributed by atoms with E-state index >= 15 is 0 Å². The van der Waals surface area contributed by atoms with Crippen LogP contribution in [0.3, 0.4) is 0 Å². The van der Waals surface area contributed by atoms with Crippen molar-refractivity contribution in [2.45, 2.75) is 39.3 Å². The van der Waals surface area contributed by atoms with E-state index in [0.29, 0.717) is 5.75 Å². The topological polar surface area (TPSA) is 58.6 Å². The first-order valence-electron chi connectivity index (χ1n) is 5.55. The molecule has 94 valence electrons. The van der Waals surface area contributed by atoms with Gasteiger partial charge >= 0.3 is 0 Å². The molecule has 1 atom stereocenters. The average Bonchev–Trinajstić information content (AvgIpc) is 2.14. The van der Waals surface area contributed by atoms with Crippen molar-refractivity contribution in [3.8, 4) is 11.5 Å². The van der Waals surface area contributed by atoms with E-state index in [1.165, 1.54) is 6.07 Å². The lowest BCUT2D eigenvalue weighted by atomic mass is 10.1. The van der Waals surface area contributed by atoms with Crippen LogP contribution in [-0.4, -0.2) is 22.7 Å². The SMILES string of the molecule is CC(Oc1cccc(O)c1)C(=O)NC(C)(C)C. The molecule has 17 heavy (non-hydrogen) atoms. The van der Waals surface area contributed by atoms with Gasteiger partial charge < -0.3 is 15.2 Å². The van der Waals surface area contributed by atoms with Crippen molar-refractivity contribution in [1.29, 1.82) is 0 Å². The molecule has 1 rings (SSSR count). The molecule has 0 aliphatic heterocycles. The Bertz CT molecular complexity index is 396. The zero-order chi connectivity index (χ0) is 13.1. The molecule has 1 aromatic rings. The van der Waals surface area contributed by atoms with Crippen LogP contribution in [-0.2, 0) is 4.79 Å². The van der Waals surface area contributed by atoms with Crippen molar-refractivity contribution in [3.63, 3.8) is 0 Å². The van der Waals surface area contributed by atoms with Crippen LogP contribution in [0.1, 0.15) is 27.7 Å². The number of aromatic hydroxyl groups is 1. The number of carbonyl (C=O) groups excluding carboxylic acids is 1. The highest BCUT2D eigenvalue weighted by atomic mass is 16.5. The molecule has 0 heterocycles. The zero-order valence-electron chi connectivity index (χ0n) is 10.7. The van der Waals surface area contributed by atoms with Crippen molar-refractivity contribution in [1.82, 2.24) is 5.32 Å². The number of hydrogen-bond acceptors (Lipinski definition) is 3. The summed E-state index contributed by atoms with van der Waals surface area (Å²) in [6.07, 6.45) is -0.601. The fourth-order valence-electron chi connectivity index (χ4n) is 1.29. The van der Waals surface area contributed by atoms with Gasteiger partial charge in [-0.3, -0.25) is 4.79 Å². The number of phenolic OH excluding ortho intramolecular Hbond substituents is 1. The van der Waals surface area contributed by atoms with Crippen molar-refractivity contribution < 1.29 is 14.6 Å². The summed E-state index contributed by atoms with van der Waals surface area (Å²) in [5, 5.41) is 12.1. The lowest BCUT2D eigenvalue weighted by Gasteiger charge is -2.23. The van der Waals surface area contributed by atoms with Crippen LogP contribution in [0, 0.1) is 0 Å². The maximum Gasteiger partial charge on any atom is 0.261 e. The molecular formula is C13H19NO3. The zero-order valence-corrected chi connectivity index (χ0v) is 10.7. The standard InChI is InChI=1S/C13H19NO3/c1-9(12(16)14-13(2,3)4)17-11-7-5-6-10(15)8-11/h5-9,15H,1-4H3,(H,14,16). The van der Waals surface area contributed by atoms with Gasteiger partial charge in [0, 0.05) is 11.6 Å². The van der Waals surface area contributed by atoms with E-state index in [1.54, 1.807) is 25.1 Å². The predicted octanol–water partition coefficient (Wildman–Crippen LogP) is 2.07. The van der Waals surface area contributed by atoms with Crippen LogP contribution in [0.4, 0.5) is 0 Å². The maximum absolute atomic E-state index is 11.7. The molecule has 1 unspecified atom stereocenters. The van der Waals surface area contributed by atoms with E-state index in [2.05, 4.69) is 5.32 Å². The molecule has 0 radical (unpaired) electrons. The van der Waals surface area contributed by atoms with Crippen LogP contribution >= 0.6 is 0 Å². The second-order valence-electron chi connectivity index (χ2n) is 5.00. The Labute approximate surface area is 102 Å². The molecule has 0 aromatic heterocycles. The van der Waals surface area contributed by atoms with Crippen molar-refractivity contribution in [2.75, 3.05) is 0 Å². The third-order valence-electron chi connectivity index (χ3n) is 2.00. The van der Waals surface area contributed by atoms with E-state index in [0.717, 1.165) is 0 Å². The Kier molecular flexibility index (Phi) is 3.99. The Balaban J connectivity index is 2.60. The molecule has 4 heteroatoms. The molecule has 1 amide bonds. The predicted molar refractivity (Wildman–Crippen MR) is 66.1 cm³/mol. The van der Waals surface area contributed by atoms with Gasteiger partial charge in [-0.15, -0.1) is 0 Å². The van der Waals surface area contributed by atoms with E-state index in [-0.39, 0.29) is 17.2 Å². The molecular weight excluding hydrogens is 218 g/mol. The Morgan fingerprint density at radius 2 is 2.06 bits per heavy atom. The normalized spacial score (nSPS) is 12.9. The summed E-state index contributed by atoms with van der Waals surface area (Å²) in [7, 11) is 0. The summed E-state index contributed by atoms with van der Waals surface area (Å²) in [6, 6.07) is 6.38. The summed E-state index contributed by atoms with van der Waals surface area (Å²) in [5.74, 6) is 0.410. The van der Waals surface area contributed by atoms with Gasteiger partial charge in [-0.25, -0.2) is 0 Å². The number of phenols is 1. The van der Waals surface area contributed by atoms with Crippen LogP contribution < -0.4 is 10.1 Å². The molecule has 0 saturated heterocycles. The highest BCUT2D eigenvalue weighted by Crippen LogP contribution is 2.19. The van der Waals surface area contributed by atoms with Crippen LogP contribution in [0.5, 0.6) is 11.5 Å². The third-order valence-corrected chi connectivity index (χ3v) is 2.00. The highest BCUT2D eigenvalue weighted by Gasteiger charge is 2.20. The van der Waals surface area contributed by atoms with Gasteiger partial charge in [0.2, 0.25) is 0 Å². The quantitative estimate of drug-likeness (QED) is 0.846. The van der Waals surface area contributed by atoms with Gasteiger partial charge in [-0.2, -0.15) is 0 Å². The van der Waals surface area contributed by atoms with Crippen molar-refractivity contribution in [2.24, 2.45) is 0 Å². The third kappa shape index (κ3) is 4.76. The van der Waals surface area contributed by atoms with E-state index < -0.39 is 6.10 Å². The number of hydrogen-bond donors (Lipinski definition) is 2. The summed E-state index contributed by atoms with van der Waals surface area (Å²) in [5.41, 5.74) is -0.284. The maximum atomic E-state index is 11.7. The summed E-state index contributed by atoms with van der Waals surface area (Å²) >= 11 is 0. The first kappa shape index (κ1) is 13.4. The van der Waals surface area contributed by atoms with Gasteiger partial charge in [0.1, 0.15) is 11.5 Å². The van der Waals surface area contributed by atoms with E-state index in [9.17, 15) is 9.90 Å². The van der Waals surface area contributed by atoms with Crippen molar-refractivity contribution >= 4 is 5.91 Å². The van der Waals surface area contributed by atoms with Gasteiger partial charge in [-0.1, -0.05) is 6.07 Å². The van der Waals surface area contributed by atoms with Crippen LogP contribution in [0.25, 0.3) is 0 Å². The smallest absolute Gasteiger partial charge is 0.261 e. The largest absolute Gasteiger partial charge is 0.508 e. The molecule has 1 aromatic carbocycles. The number of amides is 1. The lowest BCUT2D eigenvalue weighted by molar-refractivity contribution is -0.128. The molecule has 0 aliphatic carbocycles. The Morgan fingerprint density at radius 3 is 2.59 bits per heavy atom. The molecule has 2 N–H and O–H groups in total. The van der Waals surface area contributed by atoms with Gasteiger partial charge in [-0.05, 0) is 39.8 Å². The minimum atomic E-state index is -0.601. The van der Waals surface area contributed by atoms with Gasteiger partial charge in [0.25, 0.3) is 5.91 Å². The molecule has 0 bridgehead atoms. The van der Waals surface area contributed by atoms with Crippen LogP contribution in [0.15, 0.2) is 24.3 Å². The van der Waals surface area contributed by atoms with Crippen molar-refractivity contribution in [3.05, 3.63) is 24.3 Å². The minimum Gasteiger partial charge on any atom is -0.508 e. The molecule has 0 spiro atoms. The number of ether oxygens (including phenoxy) is 1.